The molecule has 0 radical (unpaired) electrons. The highest BCUT2D eigenvalue weighted by atomic mass is 16.2. The Hall–Kier alpha value is -0.120. The molecule has 0 aromatic heterocycles. The molecule has 3 unspecified atom stereocenters. The summed E-state index contributed by atoms with van der Waals surface area (Å²) >= 11 is 0. The molecule has 1 aliphatic carbocycles. The van der Waals surface area contributed by atoms with E-state index in [2.05, 4.69) is 24.1 Å². The van der Waals surface area contributed by atoms with Crippen molar-refractivity contribution in [1.82, 2.24) is 10.2 Å². The molecule has 0 amide bonds. The maximum absolute atomic E-state index is 8.89. The average molecular weight is 282 g/mol. The molecule has 2 fully saturated rings. The molecular formula is C17H34N2O. The van der Waals surface area contributed by atoms with E-state index in [1.807, 2.05) is 0 Å². The largest absolute Gasteiger partial charge is 0.396 e. The summed E-state index contributed by atoms with van der Waals surface area (Å²) in [6.45, 7) is 7.56. The highest BCUT2D eigenvalue weighted by Gasteiger charge is 2.28. The highest BCUT2D eigenvalue weighted by molar-refractivity contribution is 4.85. The van der Waals surface area contributed by atoms with Gasteiger partial charge in [-0.1, -0.05) is 19.8 Å². The SMILES string of the molecule is CC1CCCC(N2CCC(NC(C)CCCO)CC2)C1. The van der Waals surface area contributed by atoms with Gasteiger partial charge in [-0.3, -0.25) is 0 Å². The first-order valence-corrected chi connectivity index (χ1v) is 8.80. The fraction of sp³-hybridized carbons (Fsp3) is 1.00. The number of hydrogen-bond donors (Lipinski definition) is 2. The van der Waals surface area contributed by atoms with Crippen molar-refractivity contribution in [3.63, 3.8) is 0 Å². The van der Waals surface area contributed by atoms with Gasteiger partial charge in [0, 0.05) is 24.7 Å². The summed E-state index contributed by atoms with van der Waals surface area (Å²) in [4.78, 5) is 2.76. The van der Waals surface area contributed by atoms with Crippen LogP contribution < -0.4 is 5.32 Å². The van der Waals surface area contributed by atoms with E-state index in [0.717, 1.165) is 24.8 Å². The molecule has 0 bridgehead atoms. The number of rotatable bonds is 6. The van der Waals surface area contributed by atoms with Crippen molar-refractivity contribution >= 4 is 0 Å². The van der Waals surface area contributed by atoms with Crippen molar-refractivity contribution in [1.29, 1.82) is 0 Å². The van der Waals surface area contributed by atoms with Gasteiger partial charge < -0.3 is 15.3 Å². The predicted molar refractivity (Wildman–Crippen MR) is 84.9 cm³/mol. The summed E-state index contributed by atoms with van der Waals surface area (Å²) in [5.74, 6) is 0.933. The molecule has 2 aliphatic rings. The van der Waals surface area contributed by atoms with E-state index < -0.39 is 0 Å². The van der Waals surface area contributed by atoms with E-state index in [1.54, 1.807) is 0 Å². The summed E-state index contributed by atoms with van der Waals surface area (Å²) in [7, 11) is 0. The molecule has 2 N–H and O–H groups in total. The van der Waals surface area contributed by atoms with Gasteiger partial charge in [0.25, 0.3) is 0 Å². The lowest BCUT2D eigenvalue weighted by Crippen LogP contribution is -2.49. The molecule has 1 heterocycles. The zero-order valence-electron chi connectivity index (χ0n) is 13.5. The van der Waals surface area contributed by atoms with Crippen molar-refractivity contribution in [2.24, 2.45) is 5.92 Å². The molecule has 0 aromatic rings. The first kappa shape index (κ1) is 16.3. The molecule has 20 heavy (non-hydrogen) atoms. The second kappa shape index (κ2) is 8.35. The molecule has 3 nitrogen and oxygen atoms in total. The lowest BCUT2D eigenvalue weighted by atomic mass is 9.85. The average Bonchev–Trinajstić information content (AvgIpc) is 2.46. The lowest BCUT2D eigenvalue weighted by Gasteiger charge is -2.41. The standard InChI is InChI=1S/C17H34N2O/c1-14-5-3-7-17(13-14)19-10-8-16(9-11-19)18-15(2)6-4-12-20/h14-18,20H,3-13H2,1-2H3. The van der Waals surface area contributed by atoms with Crippen LogP contribution in [0.15, 0.2) is 0 Å². The van der Waals surface area contributed by atoms with Gasteiger partial charge in [-0.2, -0.15) is 0 Å². The van der Waals surface area contributed by atoms with Crippen molar-refractivity contribution in [3.8, 4) is 0 Å². The van der Waals surface area contributed by atoms with Crippen LogP contribution in [0, 0.1) is 5.92 Å². The Kier molecular flexibility index (Phi) is 6.79. The normalized spacial score (nSPS) is 31.4. The lowest BCUT2D eigenvalue weighted by molar-refractivity contribution is 0.0980. The Balaban J connectivity index is 1.66. The van der Waals surface area contributed by atoms with Crippen molar-refractivity contribution in [3.05, 3.63) is 0 Å². The van der Waals surface area contributed by atoms with E-state index in [9.17, 15) is 0 Å². The Labute approximate surface area is 125 Å². The molecule has 2 rings (SSSR count). The fourth-order valence-electron chi connectivity index (χ4n) is 4.05. The predicted octanol–water partition coefficient (Wildman–Crippen LogP) is 2.78. The topological polar surface area (TPSA) is 35.5 Å². The van der Waals surface area contributed by atoms with Crippen LogP contribution in [0.4, 0.5) is 0 Å². The summed E-state index contributed by atoms with van der Waals surface area (Å²) in [6.07, 6.45) is 10.3. The zero-order chi connectivity index (χ0) is 14.4. The number of nitrogens with one attached hydrogen (secondary N) is 1. The molecule has 1 saturated heterocycles. The Bertz CT molecular complexity index is 264. The molecule has 118 valence electrons. The van der Waals surface area contributed by atoms with Crippen molar-refractivity contribution in [2.75, 3.05) is 19.7 Å². The summed E-state index contributed by atoms with van der Waals surface area (Å²) in [5, 5.41) is 12.6. The third-order valence-electron chi connectivity index (χ3n) is 5.27. The maximum Gasteiger partial charge on any atom is 0.0431 e. The Morgan fingerprint density at radius 2 is 1.95 bits per heavy atom. The Morgan fingerprint density at radius 1 is 1.20 bits per heavy atom. The van der Waals surface area contributed by atoms with E-state index in [-0.39, 0.29) is 0 Å². The van der Waals surface area contributed by atoms with Crippen molar-refractivity contribution in [2.45, 2.75) is 83.3 Å². The minimum Gasteiger partial charge on any atom is -0.396 e. The van der Waals surface area contributed by atoms with Gasteiger partial charge in [0.1, 0.15) is 0 Å². The van der Waals surface area contributed by atoms with E-state index >= 15 is 0 Å². The van der Waals surface area contributed by atoms with E-state index in [1.165, 1.54) is 51.6 Å². The van der Waals surface area contributed by atoms with Gasteiger partial charge in [-0.25, -0.2) is 0 Å². The summed E-state index contributed by atoms with van der Waals surface area (Å²) < 4.78 is 0. The van der Waals surface area contributed by atoms with E-state index in [0.29, 0.717) is 18.7 Å². The smallest absolute Gasteiger partial charge is 0.0431 e. The van der Waals surface area contributed by atoms with Crippen LogP contribution in [0.1, 0.15) is 65.2 Å². The quantitative estimate of drug-likeness (QED) is 0.786. The number of aliphatic hydroxyl groups is 1. The molecule has 1 saturated carbocycles. The van der Waals surface area contributed by atoms with Gasteiger partial charge >= 0.3 is 0 Å². The third kappa shape index (κ3) is 5.01. The van der Waals surface area contributed by atoms with Gasteiger partial charge in [0.15, 0.2) is 0 Å². The van der Waals surface area contributed by atoms with E-state index in [4.69, 9.17) is 5.11 Å². The summed E-state index contributed by atoms with van der Waals surface area (Å²) in [5.41, 5.74) is 0. The number of nitrogens with zero attached hydrogens (tertiary/aromatic N) is 1. The second-order valence-corrected chi connectivity index (χ2v) is 7.17. The molecule has 0 spiro atoms. The first-order valence-electron chi connectivity index (χ1n) is 8.80. The summed E-state index contributed by atoms with van der Waals surface area (Å²) in [6, 6.07) is 2.11. The number of aliphatic hydroxyl groups excluding tert-OH is 1. The van der Waals surface area contributed by atoms with Crippen LogP contribution in [0.3, 0.4) is 0 Å². The van der Waals surface area contributed by atoms with Gasteiger partial charge in [0.05, 0.1) is 0 Å². The highest BCUT2D eigenvalue weighted by Crippen LogP contribution is 2.29. The molecule has 0 aromatic carbocycles. The van der Waals surface area contributed by atoms with Crippen LogP contribution >= 0.6 is 0 Å². The van der Waals surface area contributed by atoms with Crippen molar-refractivity contribution < 1.29 is 5.11 Å². The third-order valence-corrected chi connectivity index (χ3v) is 5.27. The maximum atomic E-state index is 8.89. The van der Waals surface area contributed by atoms with Crippen LogP contribution in [0.2, 0.25) is 0 Å². The van der Waals surface area contributed by atoms with Gasteiger partial charge in [-0.05, 0) is 64.5 Å². The minimum absolute atomic E-state index is 0.324. The fourth-order valence-corrected chi connectivity index (χ4v) is 4.05. The molecule has 3 atom stereocenters. The molecular weight excluding hydrogens is 248 g/mol. The van der Waals surface area contributed by atoms with Crippen LogP contribution in [0.5, 0.6) is 0 Å². The van der Waals surface area contributed by atoms with Crippen LogP contribution in [-0.2, 0) is 0 Å². The number of hydrogen-bond acceptors (Lipinski definition) is 3. The first-order chi connectivity index (χ1) is 9.69. The van der Waals surface area contributed by atoms with Gasteiger partial charge in [0.2, 0.25) is 0 Å². The second-order valence-electron chi connectivity index (χ2n) is 7.17. The number of likely N-dealkylation sites (tertiary alicyclic amines) is 1. The molecule has 1 aliphatic heterocycles. The molecule has 3 heteroatoms. The number of piperidine rings is 1. The minimum atomic E-state index is 0.324. The monoisotopic (exact) mass is 282 g/mol. The Morgan fingerprint density at radius 3 is 2.60 bits per heavy atom. The van der Waals surface area contributed by atoms with Crippen LogP contribution in [0.25, 0.3) is 0 Å². The van der Waals surface area contributed by atoms with Gasteiger partial charge in [-0.15, -0.1) is 0 Å². The zero-order valence-corrected chi connectivity index (χ0v) is 13.5. The van der Waals surface area contributed by atoms with Crippen LogP contribution in [-0.4, -0.2) is 47.8 Å².